The highest BCUT2D eigenvalue weighted by molar-refractivity contribution is 5.90. The average Bonchev–Trinajstić information content (AvgIpc) is 3.19. The van der Waals surface area contributed by atoms with Crippen molar-refractivity contribution in [3.63, 3.8) is 0 Å². The predicted molar refractivity (Wildman–Crippen MR) is 193 cm³/mol. The lowest BCUT2D eigenvalue weighted by atomic mass is 9.99. The van der Waals surface area contributed by atoms with Gasteiger partial charge in [0, 0.05) is 39.0 Å². The topological polar surface area (TPSA) is 358 Å². The van der Waals surface area contributed by atoms with Gasteiger partial charge in [-0.2, -0.15) is 0 Å². The van der Waals surface area contributed by atoms with Crippen LogP contribution in [0.25, 0.3) is 0 Å². The van der Waals surface area contributed by atoms with Crippen LogP contribution < -0.4 is 27.0 Å². The number of Topliss-reactive ketones (excluding diaryl/α,β-unsaturated/α-hetero) is 1. The second kappa shape index (κ2) is 27.3. The van der Waals surface area contributed by atoms with Crippen molar-refractivity contribution >= 4 is 35.3 Å². The van der Waals surface area contributed by atoms with Gasteiger partial charge in [-0.3, -0.25) is 28.8 Å². The summed E-state index contributed by atoms with van der Waals surface area (Å²) in [5, 5.41) is 78.0. The van der Waals surface area contributed by atoms with Gasteiger partial charge in [0.2, 0.25) is 41.6 Å². The number of carbonyl (C=O) groups is 6. The number of hydrogen-bond acceptors (Lipinski definition) is 18. The van der Waals surface area contributed by atoms with Crippen molar-refractivity contribution < 1.29 is 83.5 Å². The lowest BCUT2D eigenvalue weighted by molar-refractivity contribution is -0.300. The summed E-state index contributed by atoms with van der Waals surface area (Å²) >= 11 is 0. The number of nitrogens with two attached hydrogens (primary N) is 1. The van der Waals surface area contributed by atoms with Gasteiger partial charge in [-0.15, -0.1) is 0 Å². The Morgan fingerprint density at radius 3 is 1.61 bits per heavy atom. The molecule has 5 amide bonds. The largest absolute Gasteiger partial charge is 0.394 e. The number of carbonyl (C=O) groups excluding carboxylic acids is 6. The third-order valence-corrected chi connectivity index (χ3v) is 8.96. The van der Waals surface area contributed by atoms with E-state index >= 15 is 0 Å². The fourth-order valence-corrected chi connectivity index (χ4v) is 5.64. The SMILES string of the molecule is NCC(=O)N(CC(=O)NCCCCCC(=O)NCCO[C@H]1O[C@H](CO)[C@@H](O)[C@H](O)C1=O)CC(=O)NCCCCCC(=O)NCCO[C@H]1O[C@H](CO)[C@@H](O)[C@H](O)[C@@H]1O. The molecule has 0 aromatic rings. The fourth-order valence-electron chi connectivity index (χ4n) is 5.64. The van der Waals surface area contributed by atoms with Crippen molar-refractivity contribution in [3.05, 3.63) is 0 Å². The van der Waals surface area contributed by atoms with Gasteiger partial charge >= 0.3 is 0 Å². The van der Waals surface area contributed by atoms with E-state index in [1.807, 2.05) is 0 Å². The van der Waals surface area contributed by atoms with E-state index in [2.05, 4.69) is 21.3 Å². The summed E-state index contributed by atoms with van der Waals surface area (Å²) in [6.07, 6.45) is -9.29. The molecule has 13 N–H and O–H groups in total. The lowest BCUT2D eigenvalue weighted by Crippen LogP contribution is -2.59. The van der Waals surface area contributed by atoms with E-state index in [4.69, 9.17) is 24.7 Å². The predicted octanol–water partition coefficient (Wildman–Crippen LogP) is -6.80. The summed E-state index contributed by atoms with van der Waals surface area (Å²) in [4.78, 5) is 74.3. The van der Waals surface area contributed by atoms with Crippen LogP contribution in [-0.2, 0) is 47.7 Å². The van der Waals surface area contributed by atoms with E-state index in [9.17, 15) is 64.5 Å². The molecule has 0 saturated carbocycles. The molecule has 328 valence electrons. The average molecular weight is 825 g/mol. The van der Waals surface area contributed by atoms with Gasteiger partial charge in [-0.05, 0) is 25.7 Å². The molecule has 23 heteroatoms. The van der Waals surface area contributed by atoms with Crippen LogP contribution in [0.1, 0.15) is 51.4 Å². The van der Waals surface area contributed by atoms with Crippen molar-refractivity contribution in [2.24, 2.45) is 5.73 Å². The summed E-state index contributed by atoms with van der Waals surface area (Å²) < 4.78 is 20.9. The zero-order valence-corrected chi connectivity index (χ0v) is 31.9. The van der Waals surface area contributed by atoms with Crippen LogP contribution in [0.2, 0.25) is 0 Å². The van der Waals surface area contributed by atoms with Crippen LogP contribution >= 0.6 is 0 Å². The van der Waals surface area contributed by atoms with E-state index < -0.39 is 98.6 Å². The summed E-state index contributed by atoms with van der Waals surface area (Å²) in [5.74, 6) is -3.00. The molecular formula is C34H60N6O17. The van der Waals surface area contributed by atoms with Crippen molar-refractivity contribution in [2.45, 2.75) is 107 Å². The van der Waals surface area contributed by atoms with Crippen LogP contribution in [0.3, 0.4) is 0 Å². The van der Waals surface area contributed by atoms with Gasteiger partial charge in [0.25, 0.3) is 0 Å². The summed E-state index contributed by atoms with van der Waals surface area (Å²) in [6.45, 7) is -1.89. The third-order valence-electron chi connectivity index (χ3n) is 8.96. The van der Waals surface area contributed by atoms with Crippen LogP contribution in [-0.4, -0.2) is 204 Å². The minimum absolute atomic E-state index is 0.0441. The Morgan fingerprint density at radius 1 is 0.614 bits per heavy atom. The number of aliphatic hydroxyl groups excluding tert-OH is 7. The molecule has 0 spiro atoms. The third kappa shape index (κ3) is 17.9. The van der Waals surface area contributed by atoms with E-state index in [-0.39, 0.29) is 77.1 Å². The Bertz CT molecular complexity index is 1260. The van der Waals surface area contributed by atoms with Crippen LogP contribution in [0.4, 0.5) is 0 Å². The number of aliphatic hydroxyl groups is 7. The Labute approximate surface area is 329 Å². The quantitative estimate of drug-likeness (QED) is 0.0343. The minimum atomic E-state index is -1.76. The van der Waals surface area contributed by atoms with Gasteiger partial charge in [-0.1, -0.05) is 12.8 Å². The number of nitrogens with one attached hydrogen (secondary N) is 4. The Morgan fingerprint density at radius 2 is 1.11 bits per heavy atom. The van der Waals surface area contributed by atoms with E-state index in [1.54, 1.807) is 0 Å². The van der Waals surface area contributed by atoms with E-state index in [1.165, 1.54) is 0 Å². The second-order valence-electron chi connectivity index (χ2n) is 13.4. The van der Waals surface area contributed by atoms with Crippen LogP contribution in [0.15, 0.2) is 0 Å². The molecule has 9 atom stereocenters. The first-order valence-corrected chi connectivity index (χ1v) is 19.0. The van der Waals surface area contributed by atoms with E-state index in [0.717, 1.165) is 4.90 Å². The van der Waals surface area contributed by atoms with Crippen molar-refractivity contribution in [3.8, 4) is 0 Å². The van der Waals surface area contributed by atoms with Crippen molar-refractivity contribution in [1.29, 1.82) is 0 Å². The molecule has 0 bridgehead atoms. The summed E-state index contributed by atoms with van der Waals surface area (Å²) in [5.41, 5.74) is 5.46. The van der Waals surface area contributed by atoms with Gasteiger partial charge in [0.05, 0.1) is 33.0 Å². The normalized spacial score (nSPS) is 26.0. The molecule has 0 aliphatic carbocycles. The first-order valence-electron chi connectivity index (χ1n) is 19.0. The number of ketones is 1. The smallest absolute Gasteiger partial charge is 0.239 e. The molecule has 2 aliphatic rings. The second-order valence-corrected chi connectivity index (χ2v) is 13.4. The Hall–Kier alpha value is -3.46. The highest BCUT2D eigenvalue weighted by Gasteiger charge is 2.45. The van der Waals surface area contributed by atoms with Crippen LogP contribution in [0.5, 0.6) is 0 Å². The molecule has 57 heavy (non-hydrogen) atoms. The Balaban J connectivity index is 1.50. The monoisotopic (exact) mass is 824 g/mol. The maximum Gasteiger partial charge on any atom is 0.239 e. The zero-order valence-electron chi connectivity index (χ0n) is 31.9. The highest BCUT2D eigenvalue weighted by Crippen LogP contribution is 2.22. The molecule has 0 unspecified atom stereocenters. The molecule has 0 aromatic carbocycles. The van der Waals surface area contributed by atoms with Crippen LogP contribution in [0, 0.1) is 0 Å². The molecule has 23 nitrogen and oxygen atoms in total. The van der Waals surface area contributed by atoms with Crippen molar-refractivity contribution in [1.82, 2.24) is 26.2 Å². The van der Waals surface area contributed by atoms with Crippen molar-refractivity contribution in [2.75, 3.05) is 72.2 Å². The molecule has 0 aromatic heterocycles. The number of nitrogens with zero attached hydrogens (tertiary/aromatic N) is 1. The Kier molecular flexibility index (Phi) is 23.8. The maximum atomic E-state index is 12.4. The van der Waals surface area contributed by atoms with Gasteiger partial charge < -0.3 is 86.6 Å². The van der Waals surface area contributed by atoms with Gasteiger partial charge in [-0.25, -0.2) is 0 Å². The van der Waals surface area contributed by atoms with Gasteiger partial charge in [0.15, 0.2) is 6.29 Å². The maximum absolute atomic E-state index is 12.4. The highest BCUT2D eigenvalue weighted by atomic mass is 16.7. The molecule has 0 radical (unpaired) electrons. The molecule has 2 fully saturated rings. The summed E-state index contributed by atoms with van der Waals surface area (Å²) in [7, 11) is 0. The molecule has 2 rings (SSSR count). The molecule has 2 aliphatic heterocycles. The molecule has 2 heterocycles. The molecule has 2 saturated heterocycles. The summed E-state index contributed by atoms with van der Waals surface area (Å²) in [6, 6.07) is 0. The fraction of sp³-hybridized carbons (Fsp3) is 0.824. The first kappa shape index (κ1) is 49.7. The molecular weight excluding hydrogens is 764 g/mol. The number of unbranched alkanes of at least 4 members (excludes halogenated alkanes) is 4. The minimum Gasteiger partial charge on any atom is -0.394 e. The number of ether oxygens (including phenoxy) is 4. The lowest BCUT2D eigenvalue weighted by Gasteiger charge is -2.39. The number of amides is 5. The number of rotatable bonds is 27. The standard InChI is InChI=1S/C34H60N6O17/c35-15-26(47)40(16-24(45)36-9-5-1-3-7-22(43)38-11-13-54-33-31(52)29(50)27(48)20(18-41)56-33)17-25(46)37-10-6-2-4-8-23(44)39-12-14-55-34-32(53)30(51)28(49)21(19-42)57-34/h20-21,27-31,33-34,41-42,48-52H,1-19,35H2,(H,36,45)(H,37,46)(H,38,43)(H,39,44)/t20-,21-,27-,28-,29+,30+,31+,33+,34+/m1/s1. The first-order chi connectivity index (χ1) is 27.2. The number of hydrogen-bond donors (Lipinski definition) is 12. The zero-order chi connectivity index (χ0) is 42.3. The van der Waals surface area contributed by atoms with E-state index in [0.29, 0.717) is 38.5 Å². The van der Waals surface area contributed by atoms with Gasteiger partial charge in [0.1, 0.15) is 55.8 Å².